The highest BCUT2D eigenvalue weighted by atomic mass is 35.5. The first-order chi connectivity index (χ1) is 13.0. The number of benzene rings is 2. The molecule has 0 aliphatic rings. The quantitative estimate of drug-likeness (QED) is 0.467. The Balaban J connectivity index is 2.12. The Labute approximate surface area is 171 Å². The van der Waals surface area contributed by atoms with Gasteiger partial charge in [-0.1, -0.05) is 35.0 Å². The van der Waals surface area contributed by atoms with Crippen LogP contribution in [0, 0.1) is 0 Å². The Morgan fingerprint density at radius 3 is 2.29 bits per heavy atom. The number of nitrogens with one attached hydrogen (secondary N) is 1. The third-order valence-corrected chi connectivity index (χ3v) is 4.12. The Hall–Kier alpha value is -2.53. The number of rotatable bonds is 5. The fourth-order valence-electron chi connectivity index (χ4n) is 2.34. The van der Waals surface area contributed by atoms with E-state index in [9.17, 15) is 4.79 Å². The van der Waals surface area contributed by atoms with Crippen molar-refractivity contribution in [2.24, 2.45) is 5.16 Å². The maximum absolute atomic E-state index is 12.3. The fraction of sp³-hybridized carbons (Fsp3) is 0.364. The molecule has 2 aromatic rings. The van der Waals surface area contributed by atoms with E-state index in [0.717, 1.165) is 16.8 Å². The summed E-state index contributed by atoms with van der Waals surface area (Å²) in [7, 11) is 0. The minimum atomic E-state index is -0.836. The molecule has 2 aromatic carbocycles. The molecular formula is C22H27ClN2O3. The summed E-state index contributed by atoms with van der Waals surface area (Å²) in [5, 5.41) is 7.50. The third kappa shape index (κ3) is 6.57. The molecule has 0 saturated heterocycles. The van der Waals surface area contributed by atoms with Gasteiger partial charge in [0.1, 0.15) is 11.2 Å². The minimum absolute atomic E-state index is 0.360. The predicted octanol–water partition coefficient (Wildman–Crippen LogP) is 6.36. The van der Waals surface area contributed by atoms with Crippen molar-refractivity contribution >= 4 is 29.1 Å². The highest BCUT2D eigenvalue weighted by Gasteiger charge is 2.26. The van der Waals surface area contributed by atoms with Gasteiger partial charge in [-0.05, 0) is 83.0 Å². The molecule has 0 unspecified atom stereocenters. The summed E-state index contributed by atoms with van der Waals surface area (Å²) in [6.45, 7) is 11.4. The lowest BCUT2D eigenvalue weighted by atomic mass is 9.95. The summed E-state index contributed by atoms with van der Waals surface area (Å²) in [6.07, 6.45) is -0.542. The maximum Gasteiger partial charge on any atom is 0.412 e. The summed E-state index contributed by atoms with van der Waals surface area (Å²) in [4.78, 5) is 17.8. The molecule has 5 nitrogen and oxygen atoms in total. The van der Waals surface area contributed by atoms with Crippen molar-refractivity contribution in [1.29, 1.82) is 0 Å². The number of amides is 1. The number of nitrogens with zero attached hydrogens (tertiary/aromatic N) is 1. The average Bonchev–Trinajstić information content (AvgIpc) is 2.60. The Morgan fingerprint density at radius 1 is 1.04 bits per heavy atom. The monoisotopic (exact) mass is 402 g/mol. The molecule has 0 bridgehead atoms. The van der Waals surface area contributed by atoms with E-state index in [2.05, 4.69) is 10.5 Å². The molecule has 0 heterocycles. The van der Waals surface area contributed by atoms with Crippen LogP contribution in [0.4, 0.5) is 10.5 Å². The van der Waals surface area contributed by atoms with Crippen molar-refractivity contribution in [3.05, 3.63) is 64.7 Å². The van der Waals surface area contributed by atoms with Crippen LogP contribution in [0.25, 0.3) is 0 Å². The molecule has 28 heavy (non-hydrogen) atoms. The van der Waals surface area contributed by atoms with E-state index in [1.165, 1.54) is 0 Å². The van der Waals surface area contributed by atoms with Gasteiger partial charge in [0.05, 0.1) is 5.71 Å². The van der Waals surface area contributed by atoms with E-state index in [0.29, 0.717) is 10.7 Å². The van der Waals surface area contributed by atoms with Gasteiger partial charge in [0.25, 0.3) is 0 Å². The van der Waals surface area contributed by atoms with E-state index in [-0.39, 0.29) is 5.60 Å². The number of ether oxygens (including phenoxy) is 1. The average molecular weight is 403 g/mol. The summed E-state index contributed by atoms with van der Waals surface area (Å²) in [6, 6.07) is 14.5. The van der Waals surface area contributed by atoms with Crippen LogP contribution in [0.1, 0.15) is 52.7 Å². The zero-order valence-electron chi connectivity index (χ0n) is 17.2. The molecule has 0 spiro atoms. The number of oxime groups is 1. The van der Waals surface area contributed by atoms with Crippen molar-refractivity contribution in [1.82, 2.24) is 0 Å². The van der Waals surface area contributed by atoms with E-state index in [1.807, 2.05) is 65.8 Å². The second-order valence-electron chi connectivity index (χ2n) is 7.99. The Bertz CT molecular complexity index is 853. The molecule has 0 radical (unpaired) electrons. The number of halogens is 1. The van der Waals surface area contributed by atoms with E-state index in [1.54, 1.807) is 24.3 Å². The largest absolute Gasteiger partial charge is 0.438 e. The lowest BCUT2D eigenvalue weighted by Gasteiger charge is -2.26. The SMILES string of the molecule is C/C(=N\OC(C)(C)C)c1cccc(C(C)(C)OC(=O)Nc2ccc(Cl)cc2)c1. The van der Waals surface area contributed by atoms with E-state index >= 15 is 0 Å². The van der Waals surface area contributed by atoms with Gasteiger partial charge in [-0.2, -0.15) is 0 Å². The molecule has 2 rings (SSSR count). The van der Waals surface area contributed by atoms with Gasteiger partial charge in [0.2, 0.25) is 0 Å². The third-order valence-electron chi connectivity index (χ3n) is 3.87. The molecule has 1 N–H and O–H groups in total. The van der Waals surface area contributed by atoms with Gasteiger partial charge in [-0.25, -0.2) is 4.79 Å². The van der Waals surface area contributed by atoms with Gasteiger partial charge in [-0.15, -0.1) is 0 Å². The van der Waals surface area contributed by atoms with E-state index in [4.69, 9.17) is 21.2 Å². The summed E-state index contributed by atoms with van der Waals surface area (Å²) >= 11 is 5.86. The number of hydrogen-bond donors (Lipinski definition) is 1. The lowest BCUT2D eigenvalue weighted by molar-refractivity contribution is 0.000931. The normalized spacial score (nSPS) is 12.5. The summed E-state index contributed by atoms with van der Waals surface area (Å²) in [5.41, 5.74) is 1.91. The number of carbonyl (C=O) groups is 1. The molecule has 0 aliphatic heterocycles. The molecule has 0 aromatic heterocycles. The van der Waals surface area contributed by atoms with Crippen LogP contribution in [-0.2, 0) is 15.2 Å². The molecular weight excluding hydrogens is 376 g/mol. The van der Waals surface area contributed by atoms with Gasteiger partial charge < -0.3 is 9.57 Å². The van der Waals surface area contributed by atoms with Gasteiger partial charge in [0.15, 0.2) is 0 Å². The summed E-state index contributed by atoms with van der Waals surface area (Å²) in [5.74, 6) is 0. The van der Waals surface area contributed by atoms with Gasteiger partial charge >= 0.3 is 6.09 Å². The topological polar surface area (TPSA) is 59.9 Å². The Morgan fingerprint density at radius 2 is 1.68 bits per heavy atom. The van der Waals surface area contributed by atoms with Crippen LogP contribution in [0.3, 0.4) is 0 Å². The minimum Gasteiger partial charge on any atom is -0.438 e. The van der Waals surface area contributed by atoms with Crippen molar-refractivity contribution in [2.75, 3.05) is 5.32 Å². The molecule has 0 aliphatic carbocycles. The molecule has 1 amide bonds. The van der Waals surface area contributed by atoms with E-state index < -0.39 is 11.7 Å². The first-order valence-electron chi connectivity index (χ1n) is 9.05. The zero-order chi connectivity index (χ0) is 20.9. The van der Waals surface area contributed by atoms with Crippen molar-refractivity contribution in [3.63, 3.8) is 0 Å². The zero-order valence-corrected chi connectivity index (χ0v) is 17.9. The highest BCUT2D eigenvalue weighted by molar-refractivity contribution is 6.30. The fourth-order valence-corrected chi connectivity index (χ4v) is 2.47. The molecule has 0 atom stereocenters. The smallest absolute Gasteiger partial charge is 0.412 e. The molecule has 0 fully saturated rings. The summed E-state index contributed by atoms with van der Waals surface area (Å²) < 4.78 is 5.65. The van der Waals surface area contributed by atoms with Crippen LogP contribution in [-0.4, -0.2) is 17.4 Å². The molecule has 0 saturated carbocycles. The lowest BCUT2D eigenvalue weighted by Crippen LogP contribution is -2.28. The number of anilines is 1. The van der Waals surface area contributed by atoms with Crippen molar-refractivity contribution in [3.8, 4) is 0 Å². The number of carbonyl (C=O) groups excluding carboxylic acids is 1. The first-order valence-corrected chi connectivity index (χ1v) is 9.43. The van der Waals surface area contributed by atoms with Gasteiger partial charge in [-0.3, -0.25) is 5.32 Å². The van der Waals surface area contributed by atoms with Crippen LogP contribution in [0.15, 0.2) is 53.7 Å². The highest BCUT2D eigenvalue weighted by Crippen LogP contribution is 2.27. The van der Waals surface area contributed by atoms with Crippen LogP contribution in [0.5, 0.6) is 0 Å². The number of hydrogen-bond acceptors (Lipinski definition) is 4. The molecule has 150 valence electrons. The maximum atomic E-state index is 12.3. The Kier molecular flexibility index (Phi) is 6.73. The van der Waals surface area contributed by atoms with Crippen molar-refractivity contribution in [2.45, 2.75) is 52.7 Å². The molecule has 6 heteroatoms. The van der Waals surface area contributed by atoms with Crippen LogP contribution < -0.4 is 5.32 Å². The van der Waals surface area contributed by atoms with Crippen LogP contribution in [0.2, 0.25) is 5.02 Å². The standard InChI is InChI=1S/C22H27ClN2O3/c1-15(25-28-21(2,3)4)16-8-7-9-17(14-16)22(5,6)27-20(26)24-19-12-10-18(23)11-13-19/h7-14H,1-6H3,(H,24,26)/b25-15+. The first kappa shape index (κ1) is 21.8. The second-order valence-corrected chi connectivity index (χ2v) is 8.43. The van der Waals surface area contributed by atoms with Gasteiger partial charge in [0, 0.05) is 10.7 Å². The van der Waals surface area contributed by atoms with Crippen LogP contribution >= 0.6 is 11.6 Å². The second kappa shape index (κ2) is 8.65. The predicted molar refractivity (Wildman–Crippen MR) is 114 cm³/mol. The van der Waals surface area contributed by atoms with Crippen molar-refractivity contribution < 1.29 is 14.4 Å².